The maximum absolute atomic E-state index is 11.8. The van der Waals surface area contributed by atoms with Crippen molar-refractivity contribution in [2.75, 3.05) is 13.2 Å². The summed E-state index contributed by atoms with van der Waals surface area (Å²) in [6.45, 7) is 5.19. The Morgan fingerprint density at radius 2 is 1.86 bits per heavy atom. The summed E-state index contributed by atoms with van der Waals surface area (Å²) >= 11 is 0. The van der Waals surface area contributed by atoms with Gasteiger partial charge in [-0.2, -0.15) is 13.2 Å². The predicted octanol–water partition coefficient (Wildman–Crippen LogP) is 2.34. The monoisotopic (exact) mass is 213 g/mol. The predicted molar refractivity (Wildman–Crippen MR) is 49.2 cm³/mol. The summed E-state index contributed by atoms with van der Waals surface area (Å²) in [7, 11) is 0. The Bertz CT molecular complexity index is 149. The minimum Gasteiger partial charge on any atom is -0.369 e. The van der Waals surface area contributed by atoms with Crippen molar-refractivity contribution in [1.82, 2.24) is 5.32 Å². The van der Waals surface area contributed by atoms with Crippen LogP contribution in [0.5, 0.6) is 0 Å². The molecule has 0 aliphatic heterocycles. The molecule has 0 aromatic rings. The van der Waals surface area contributed by atoms with E-state index < -0.39 is 12.8 Å². The quantitative estimate of drug-likeness (QED) is 0.731. The molecule has 2 nitrogen and oxygen atoms in total. The summed E-state index contributed by atoms with van der Waals surface area (Å²) in [5.74, 6) is 0. The van der Waals surface area contributed by atoms with E-state index in [1.165, 1.54) is 0 Å². The van der Waals surface area contributed by atoms with Gasteiger partial charge in [0.25, 0.3) is 0 Å². The van der Waals surface area contributed by atoms with Crippen molar-refractivity contribution >= 4 is 0 Å². The Hall–Kier alpha value is -0.290. The molecular weight excluding hydrogens is 195 g/mol. The van der Waals surface area contributed by atoms with Gasteiger partial charge in [0.2, 0.25) is 0 Å². The maximum atomic E-state index is 11.8. The van der Waals surface area contributed by atoms with Gasteiger partial charge in [0.15, 0.2) is 0 Å². The van der Waals surface area contributed by atoms with Crippen LogP contribution in [-0.2, 0) is 4.74 Å². The van der Waals surface area contributed by atoms with E-state index >= 15 is 0 Å². The van der Waals surface area contributed by atoms with Gasteiger partial charge in [-0.3, -0.25) is 0 Å². The summed E-state index contributed by atoms with van der Waals surface area (Å²) in [5, 5.41) is 3.11. The highest BCUT2D eigenvalue weighted by molar-refractivity contribution is 4.64. The molecule has 2 atom stereocenters. The van der Waals surface area contributed by atoms with Crippen molar-refractivity contribution < 1.29 is 17.9 Å². The SMILES string of the molecule is CCNC(C)CC(C)OCC(F)(F)F. The molecule has 2 unspecified atom stereocenters. The largest absolute Gasteiger partial charge is 0.411 e. The Kier molecular flexibility index (Phi) is 6.11. The molecule has 0 aromatic heterocycles. The molecule has 0 radical (unpaired) electrons. The summed E-state index contributed by atoms with van der Waals surface area (Å²) in [4.78, 5) is 0. The first-order valence-electron chi connectivity index (χ1n) is 4.77. The summed E-state index contributed by atoms with van der Waals surface area (Å²) < 4.78 is 39.9. The van der Waals surface area contributed by atoms with E-state index in [0.29, 0.717) is 6.42 Å². The van der Waals surface area contributed by atoms with Crippen LogP contribution in [-0.4, -0.2) is 31.5 Å². The molecule has 14 heavy (non-hydrogen) atoms. The standard InChI is InChI=1S/C9H18F3NO/c1-4-13-7(2)5-8(3)14-6-9(10,11)12/h7-8,13H,4-6H2,1-3H3. The van der Waals surface area contributed by atoms with Crippen LogP contribution in [0.1, 0.15) is 27.2 Å². The molecule has 0 aliphatic rings. The van der Waals surface area contributed by atoms with E-state index in [9.17, 15) is 13.2 Å². The third kappa shape index (κ3) is 8.31. The van der Waals surface area contributed by atoms with Crippen LogP contribution < -0.4 is 5.32 Å². The van der Waals surface area contributed by atoms with Crippen LogP contribution in [0, 0.1) is 0 Å². The van der Waals surface area contributed by atoms with Crippen molar-refractivity contribution in [3.05, 3.63) is 0 Å². The van der Waals surface area contributed by atoms with Crippen molar-refractivity contribution in [2.24, 2.45) is 0 Å². The van der Waals surface area contributed by atoms with E-state index in [-0.39, 0.29) is 12.1 Å². The lowest BCUT2D eigenvalue weighted by molar-refractivity contribution is -0.184. The Morgan fingerprint density at radius 3 is 2.29 bits per heavy atom. The van der Waals surface area contributed by atoms with Crippen LogP contribution in [0.4, 0.5) is 13.2 Å². The molecule has 0 rings (SSSR count). The first-order chi connectivity index (χ1) is 6.35. The van der Waals surface area contributed by atoms with Gasteiger partial charge in [0.05, 0.1) is 6.10 Å². The maximum Gasteiger partial charge on any atom is 0.411 e. The van der Waals surface area contributed by atoms with Gasteiger partial charge >= 0.3 is 6.18 Å². The zero-order chi connectivity index (χ0) is 11.2. The van der Waals surface area contributed by atoms with Gasteiger partial charge in [-0.1, -0.05) is 6.92 Å². The van der Waals surface area contributed by atoms with E-state index in [2.05, 4.69) is 10.1 Å². The minimum absolute atomic E-state index is 0.184. The molecule has 0 saturated heterocycles. The van der Waals surface area contributed by atoms with E-state index in [1.54, 1.807) is 6.92 Å². The zero-order valence-corrected chi connectivity index (χ0v) is 8.82. The van der Waals surface area contributed by atoms with Gasteiger partial charge < -0.3 is 10.1 Å². The molecule has 0 fully saturated rings. The summed E-state index contributed by atoms with van der Waals surface area (Å²) in [5.41, 5.74) is 0. The first-order valence-corrected chi connectivity index (χ1v) is 4.77. The molecule has 0 bridgehead atoms. The second-order valence-electron chi connectivity index (χ2n) is 3.43. The number of rotatable bonds is 6. The van der Waals surface area contributed by atoms with Crippen LogP contribution in [0.25, 0.3) is 0 Å². The van der Waals surface area contributed by atoms with Crippen LogP contribution >= 0.6 is 0 Å². The van der Waals surface area contributed by atoms with Crippen LogP contribution in [0.2, 0.25) is 0 Å². The number of hydrogen-bond donors (Lipinski definition) is 1. The lowest BCUT2D eigenvalue weighted by Crippen LogP contribution is -2.31. The third-order valence-corrected chi connectivity index (χ3v) is 1.77. The molecule has 0 saturated carbocycles. The first kappa shape index (κ1) is 13.7. The Labute approximate surface area is 82.8 Å². The Balaban J connectivity index is 3.59. The van der Waals surface area contributed by atoms with E-state index in [4.69, 9.17) is 0 Å². The smallest absolute Gasteiger partial charge is 0.369 e. The van der Waals surface area contributed by atoms with Crippen molar-refractivity contribution in [3.8, 4) is 0 Å². The minimum atomic E-state index is -4.23. The van der Waals surface area contributed by atoms with Gasteiger partial charge in [-0.15, -0.1) is 0 Å². The highest BCUT2D eigenvalue weighted by atomic mass is 19.4. The number of ether oxygens (including phenoxy) is 1. The summed E-state index contributed by atoms with van der Waals surface area (Å²) in [6, 6.07) is 0.184. The number of alkyl halides is 3. The van der Waals surface area contributed by atoms with Crippen LogP contribution in [0.15, 0.2) is 0 Å². The lowest BCUT2D eigenvalue weighted by Gasteiger charge is -2.19. The van der Waals surface area contributed by atoms with Gasteiger partial charge in [-0.25, -0.2) is 0 Å². The molecular formula is C9H18F3NO. The van der Waals surface area contributed by atoms with Crippen LogP contribution in [0.3, 0.4) is 0 Å². The molecule has 0 amide bonds. The highest BCUT2D eigenvalue weighted by Crippen LogP contribution is 2.16. The number of nitrogens with one attached hydrogen (secondary N) is 1. The summed E-state index contributed by atoms with van der Waals surface area (Å²) in [6.07, 6.45) is -4.01. The molecule has 0 heterocycles. The second kappa shape index (κ2) is 6.24. The fraction of sp³-hybridized carbons (Fsp3) is 1.00. The van der Waals surface area contributed by atoms with E-state index in [1.807, 2.05) is 13.8 Å². The average Bonchev–Trinajstić information content (AvgIpc) is 2.00. The fourth-order valence-electron chi connectivity index (χ4n) is 1.23. The average molecular weight is 213 g/mol. The zero-order valence-electron chi connectivity index (χ0n) is 8.82. The third-order valence-electron chi connectivity index (χ3n) is 1.77. The fourth-order valence-corrected chi connectivity index (χ4v) is 1.23. The topological polar surface area (TPSA) is 21.3 Å². The molecule has 0 aromatic carbocycles. The molecule has 1 N–H and O–H groups in total. The molecule has 86 valence electrons. The van der Waals surface area contributed by atoms with Gasteiger partial charge in [0, 0.05) is 6.04 Å². The lowest BCUT2D eigenvalue weighted by atomic mass is 10.1. The molecule has 5 heteroatoms. The highest BCUT2D eigenvalue weighted by Gasteiger charge is 2.28. The van der Waals surface area contributed by atoms with E-state index in [0.717, 1.165) is 6.54 Å². The second-order valence-corrected chi connectivity index (χ2v) is 3.43. The Morgan fingerprint density at radius 1 is 1.29 bits per heavy atom. The number of hydrogen-bond acceptors (Lipinski definition) is 2. The molecule has 0 spiro atoms. The van der Waals surface area contributed by atoms with Gasteiger partial charge in [0.1, 0.15) is 6.61 Å². The normalized spacial score (nSPS) is 16.7. The van der Waals surface area contributed by atoms with Gasteiger partial charge in [-0.05, 0) is 26.8 Å². The molecule has 0 aliphatic carbocycles. The van der Waals surface area contributed by atoms with Crippen molar-refractivity contribution in [1.29, 1.82) is 0 Å². The van der Waals surface area contributed by atoms with Crippen molar-refractivity contribution in [3.63, 3.8) is 0 Å². The van der Waals surface area contributed by atoms with Crippen molar-refractivity contribution in [2.45, 2.75) is 45.5 Å². The number of halogens is 3.